The predicted octanol–water partition coefficient (Wildman–Crippen LogP) is 2.15. The van der Waals surface area contributed by atoms with E-state index in [1.807, 2.05) is 0 Å². The Morgan fingerprint density at radius 1 is 1.47 bits per heavy atom. The molecule has 0 saturated carbocycles. The first kappa shape index (κ1) is 11.5. The van der Waals surface area contributed by atoms with Gasteiger partial charge in [-0.05, 0) is 25.1 Å². The minimum atomic E-state index is -0.568. The minimum absolute atomic E-state index is 0.140. The molecule has 1 heterocycles. The zero-order chi connectivity index (χ0) is 12.3. The van der Waals surface area contributed by atoms with E-state index in [-0.39, 0.29) is 12.4 Å². The van der Waals surface area contributed by atoms with E-state index < -0.39 is 5.97 Å². The molecule has 6 heteroatoms. The first-order chi connectivity index (χ1) is 8.20. The van der Waals surface area contributed by atoms with Gasteiger partial charge < -0.3 is 9.84 Å². The Labute approximate surface area is 102 Å². The SMILES string of the molecule is CCOC(=O)C=C(O)c1ccc2nsnc2c1. The zero-order valence-corrected chi connectivity index (χ0v) is 9.90. The van der Waals surface area contributed by atoms with Gasteiger partial charge in [-0.1, -0.05) is 0 Å². The summed E-state index contributed by atoms with van der Waals surface area (Å²) in [6.07, 6.45) is 1.05. The summed E-state index contributed by atoms with van der Waals surface area (Å²) < 4.78 is 12.8. The van der Waals surface area contributed by atoms with Gasteiger partial charge in [0.2, 0.25) is 0 Å². The fourth-order valence-electron chi connectivity index (χ4n) is 1.32. The van der Waals surface area contributed by atoms with Gasteiger partial charge in [-0.2, -0.15) is 8.75 Å². The number of carbonyl (C=O) groups is 1. The number of aliphatic hydroxyl groups is 1. The van der Waals surface area contributed by atoms with Crippen molar-refractivity contribution in [3.63, 3.8) is 0 Å². The number of hydrogen-bond donors (Lipinski definition) is 1. The van der Waals surface area contributed by atoms with Crippen molar-refractivity contribution in [2.45, 2.75) is 6.92 Å². The average molecular weight is 250 g/mol. The van der Waals surface area contributed by atoms with Crippen molar-refractivity contribution < 1.29 is 14.6 Å². The lowest BCUT2D eigenvalue weighted by atomic mass is 10.1. The van der Waals surface area contributed by atoms with Crippen molar-refractivity contribution in [2.24, 2.45) is 0 Å². The molecule has 88 valence electrons. The van der Waals surface area contributed by atoms with Crippen LogP contribution in [0.4, 0.5) is 0 Å². The first-order valence-corrected chi connectivity index (χ1v) is 5.74. The highest BCUT2D eigenvalue weighted by molar-refractivity contribution is 7.00. The minimum Gasteiger partial charge on any atom is -0.507 e. The third-order valence-corrected chi connectivity index (χ3v) is 2.65. The van der Waals surface area contributed by atoms with E-state index in [2.05, 4.69) is 8.75 Å². The zero-order valence-electron chi connectivity index (χ0n) is 9.08. The van der Waals surface area contributed by atoms with Crippen LogP contribution in [0.2, 0.25) is 0 Å². The highest BCUT2D eigenvalue weighted by atomic mass is 32.1. The number of aliphatic hydroxyl groups excluding tert-OH is 1. The standard InChI is InChI=1S/C11H10N2O3S/c1-2-16-11(15)6-10(14)7-3-4-8-9(5-7)13-17-12-8/h3-6,14H,2H2,1H3. The predicted molar refractivity (Wildman–Crippen MR) is 64.7 cm³/mol. The number of hydrogen-bond acceptors (Lipinski definition) is 6. The molecular weight excluding hydrogens is 240 g/mol. The molecule has 0 radical (unpaired) electrons. The Balaban J connectivity index is 2.29. The Morgan fingerprint density at radius 2 is 2.24 bits per heavy atom. The highest BCUT2D eigenvalue weighted by Gasteiger charge is 2.06. The van der Waals surface area contributed by atoms with Crippen LogP contribution in [0.1, 0.15) is 12.5 Å². The van der Waals surface area contributed by atoms with Gasteiger partial charge in [0.1, 0.15) is 16.8 Å². The molecule has 2 aromatic rings. The van der Waals surface area contributed by atoms with Crippen LogP contribution in [-0.4, -0.2) is 26.4 Å². The number of esters is 1. The maximum atomic E-state index is 11.2. The van der Waals surface area contributed by atoms with E-state index in [4.69, 9.17) is 4.74 Å². The Bertz CT molecular complexity index is 577. The Kier molecular flexibility index (Phi) is 3.34. The van der Waals surface area contributed by atoms with Crippen molar-refractivity contribution in [3.05, 3.63) is 29.8 Å². The van der Waals surface area contributed by atoms with Gasteiger partial charge >= 0.3 is 5.97 Å². The lowest BCUT2D eigenvalue weighted by Gasteiger charge is -2.00. The normalized spacial score (nSPS) is 11.7. The summed E-state index contributed by atoms with van der Waals surface area (Å²) >= 11 is 1.10. The van der Waals surface area contributed by atoms with Gasteiger partial charge in [-0.25, -0.2) is 4.79 Å². The van der Waals surface area contributed by atoms with Crippen LogP contribution in [0.15, 0.2) is 24.3 Å². The summed E-state index contributed by atoms with van der Waals surface area (Å²) in [5.74, 6) is -0.708. The maximum Gasteiger partial charge on any atom is 0.334 e. The second-order valence-electron chi connectivity index (χ2n) is 3.25. The summed E-state index contributed by atoms with van der Waals surface area (Å²) in [6.45, 7) is 1.98. The summed E-state index contributed by atoms with van der Waals surface area (Å²) in [7, 11) is 0. The molecule has 1 aromatic carbocycles. The number of benzene rings is 1. The first-order valence-electron chi connectivity index (χ1n) is 5.01. The van der Waals surface area contributed by atoms with Gasteiger partial charge in [-0.3, -0.25) is 0 Å². The lowest BCUT2D eigenvalue weighted by Crippen LogP contribution is -2.00. The van der Waals surface area contributed by atoms with Gasteiger partial charge in [0.05, 0.1) is 24.4 Å². The molecule has 17 heavy (non-hydrogen) atoms. The topological polar surface area (TPSA) is 72.3 Å². The molecule has 2 rings (SSSR count). The van der Waals surface area contributed by atoms with E-state index in [0.29, 0.717) is 11.1 Å². The molecule has 0 aliphatic rings. The van der Waals surface area contributed by atoms with Crippen molar-refractivity contribution in [1.82, 2.24) is 8.75 Å². The monoisotopic (exact) mass is 250 g/mol. The number of nitrogens with zero attached hydrogens (tertiary/aromatic N) is 2. The summed E-state index contributed by atoms with van der Waals surface area (Å²) in [6, 6.07) is 5.09. The third kappa shape index (κ3) is 2.59. The molecule has 0 fully saturated rings. The van der Waals surface area contributed by atoms with Gasteiger partial charge in [0.25, 0.3) is 0 Å². The van der Waals surface area contributed by atoms with Crippen LogP contribution in [0.5, 0.6) is 0 Å². The number of ether oxygens (including phenoxy) is 1. The second-order valence-corrected chi connectivity index (χ2v) is 3.78. The number of carbonyl (C=O) groups excluding carboxylic acids is 1. The van der Waals surface area contributed by atoms with Gasteiger partial charge in [-0.15, -0.1) is 0 Å². The molecule has 0 bridgehead atoms. The quantitative estimate of drug-likeness (QED) is 0.513. The van der Waals surface area contributed by atoms with E-state index in [1.165, 1.54) is 0 Å². The van der Waals surface area contributed by atoms with E-state index >= 15 is 0 Å². The molecule has 0 aliphatic heterocycles. The molecule has 0 atom stereocenters. The molecule has 1 aromatic heterocycles. The van der Waals surface area contributed by atoms with Crippen LogP contribution in [0.25, 0.3) is 16.8 Å². The third-order valence-electron chi connectivity index (χ3n) is 2.09. The number of fused-ring (bicyclic) bond motifs is 1. The summed E-state index contributed by atoms with van der Waals surface area (Å²) in [4.78, 5) is 11.2. The van der Waals surface area contributed by atoms with Crippen LogP contribution < -0.4 is 0 Å². The second kappa shape index (κ2) is 4.92. The molecule has 0 saturated heterocycles. The highest BCUT2D eigenvalue weighted by Crippen LogP contribution is 2.18. The van der Waals surface area contributed by atoms with E-state index in [9.17, 15) is 9.90 Å². The molecular formula is C11H10N2O3S. The van der Waals surface area contributed by atoms with Crippen LogP contribution in [0.3, 0.4) is 0 Å². The summed E-state index contributed by atoms with van der Waals surface area (Å²) in [5, 5.41) is 9.73. The maximum absolute atomic E-state index is 11.2. The fourth-order valence-corrected chi connectivity index (χ4v) is 1.84. The van der Waals surface area contributed by atoms with Crippen LogP contribution >= 0.6 is 11.7 Å². The number of aromatic nitrogens is 2. The van der Waals surface area contributed by atoms with Crippen molar-refractivity contribution in [2.75, 3.05) is 6.61 Å². The summed E-state index contributed by atoms with van der Waals surface area (Å²) in [5.41, 5.74) is 1.97. The molecule has 0 aliphatic carbocycles. The molecule has 5 nitrogen and oxygen atoms in total. The van der Waals surface area contributed by atoms with Gasteiger partial charge in [0.15, 0.2) is 0 Å². The van der Waals surface area contributed by atoms with Crippen molar-refractivity contribution in [1.29, 1.82) is 0 Å². The van der Waals surface area contributed by atoms with Crippen LogP contribution in [0, 0.1) is 0 Å². The Morgan fingerprint density at radius 3 is 3.00 bits per heavy atom. The largest absolute Gasteiger partial charge is 0.507 e. The van der Waals surface area contributed by atoms with Crippen molar-refractivity contribution in [3.8, 4) is 0 Å². The molecule has 0 spiro atoms. The smallest absolute Gasteiger partial charge is 0.334 e. The average Bonchev–Trinajstić information content (AvgIpc) is 2.75. The molecule has 1 N–H and O–H groups in total. The van der Waals surface area contributed by atoms with E-state index in [1.54, 1.807) is 25.1 Å². The Hall–Kier alpha value is -1.95. The van der Waals surface area contributed by atoms with E-state index in [0.717, 1.165) is 23.3 Å². The lowest BCUT2D eigenvalue weighted by molar-refractivity contribution is -0.137. The van der Waals surface area contributed by atoms with Crippen LogP contribution in [-0.2, 0) is 9.53 Å². The number of rotatable bonds is 3. The van der Waals surface area contributed by atoms with Crippen molar-refractivity contribution >= 4 is 34.5 Å². The fraction of sp³-hybridized carbons (Fsp3) is 0.182. The molecule has 0 unspecified atom stereocenters. The van der Waals surface area contributed by atoms with Gasteiger partial charge in [0, 0.05) is 5.56 Å². The molecule has 0 amide bonds.